The van der Waals surface area contributed by atoms with Gasteiger partial charge in [-0.2, -0.15) is 0 Å². The van der Waals surface area contributed by atoms with Crippen LogP contribution in [-0.2, 0) is 55.9 Å². The van der Waals surface area contributed by atoms with E-state index in [4.69, 9.17) is 37.9 Å². The number of carbonyl (C=O) groups excluding carboxylic acids is 3. The SMILES string of the molecule is CO[C@@H]1OC(COC(=O)c2ccccc2)[C@H](O[C@@H]2OC(C(C)=O)[C@H](O)[C@@H](OCc3ccccc3)C2OC(=O)c2ccccc2)C(OCc2ccccc2)[C@H]1N=[N+]=[N-]. The van der Waals surface area contributed by atoms with Gasteiger partial charge in [0, 0.05) is 12.0 Å². The molecule has 6 rings (SSSR count). The molecule has 15 heteroatoms. The number of ether oxygens (including phenoxy) is 8. The van der Waals surface area contributed by atoms with Gasteiger partial charge in [0.1, 0.15) is 49.3 Å². The first kappa shape index (κ1) is 41.2. The fourth-order valence-corrected chi connectivity index (χ4v) is 6.61. The predicted molar refractivity (Wildman–Crippen MR) is 201 cm³/mol. The van der Waals surface area contributed by atoms with Gasteiger partial charge in [0.15, 0.2) is 24.5 Å². The highest BCUT2D eigenvalue weighted by Gasteiger charge is 2.55. The molecular formula is C42H43N3O12. The van der Waals surface area contributed by atoms with E-state index in [1.54, 1.807) is 60.7 Å². The summed E-state index contributed by atoms with van der Waals surface area (Å²) in [4.78, 5) is 43.0. The Morgan fingerprint density at radius 3 is 1.75 bits per heavy atom. The van der Waals surface area contributed by atoms with E-state index >= 15 is 0 Å². The van der Waals surface area contributed by atoms with Gasteiger partial charge in [-0.3, -0.25) is 4.79 Å². The lowest BCUT2D eigenvalue weighted by atomic mass is 9.94. The first-order chi connectivity index (χ1) is 27.8. The molecule has 0 radical (unpaired) electrons. The Bertz CT molecular complexity index is 1950. The molecule has 2 aliphatic rings. The molecule has 10 atom stereocenters. The molecule has 0 amide bonds. The number of hydrogen-bond donors (Lipinski definition) is 1. The number of hydrogen-bond acceptors (Lipinski definition) is 13. The Kier molecular flexibility index (Phi) is 14.5. The number of carbonyl (C=O) groups is 3. The molecule has 4 aromatic rings. The van der Waals surface area contributed by atoms with Gasteiger partial charge in [-0.05, 0) is 47.8 Å². The Labute approximate surface area is 328 Å². The van der Waals surface area contributed by atoms with Crippen LogP contribution in [0.4, 0.5) is 0 Å². The Balaban J connectivity index is 1.39. The van der Waals surface area contributed by atoms with Gasteiger partial charge in [0.25, 0.3) is 0 Å². The van der Waals surface area contributed by atoms with Crippen LogP contribution in [0.5, 0.6) is 0 Å². The highest BCUT2D eigenvalue weighted by Crippen LogP contribution is 2.35. The van der Waals surface area contributed by atoms with Gasteiger partial charge in [0.2, 0.25) is 0 Å². The third-order valence-corrected chi connectivity index (χ3v) is 9.45. The summed E-state index contributed by atoms with van der Waals surface area (Å²) in [5.74, 6) is -2.02. The lowest BCUT2D eigenvalue weighted by molar-refractivity contribution is -0.345. The molecule has 2 saturated heterocycles. The molecule has 2 fully saturated rings. The molecule has 2 heterocycles. The molecule has 2 aliphatic heterocycles. The number of ketones is 1. The lowest BCUT2D eigenvalue weighted by Gasteiger charge is -2.48. The predicted octanol–water partition coefficient (Wildman–Crippen LogP) is 5.35. The first-order valence-corrected chi connectivity index (χ1v) is 18.3. The van der Waals surface area contributed by atoms with E-state index in [1.165, 1.54) is 14.0 Å². The summed E-state index contributed by atoms with van der Waals surface area (Å²) in [6, 6.07) is 33.5. The number of aliphatic hydroxyl groups excluding tert-OH is 1. The first-order valence-electron chi connectivity index (χ1n) is 18.3. The number of aliphatic hydroxyl groups is 1. The van der Waals surface area contributed by atoms with Crippen molar-refractivity contribution in [3.63, 3.8) is 0 Å². The van der Waals surface area contributed by atoms with Crippen molar-refractivity contribution >= 4 is 17.7 Å². The fourth-order valence-electron chi connectivity index (χ4n) is 6.61. The topological polar surface area (TPSA) is 194 Å². The minimum atomic E-state index is -1.63. The van der Waals surface area contributed by atoms with Crippen LogP contribution < -0.4 is 0 Å². The normalized spacial score (nSPS) is 27.1. The smallest absolute Gasteiger partial charge is 0.338 e. The van der Waals surface area contributed by atoms with Crippen LogP contribution >= 0.6 is 0 Å². The maximum absolute atomic E-state index is 13.7. The second-order valence-corrected chi connectivity index (χ2v) is 13.3. The number of nitrogens with zero attached hydrogens (tertiary/aromatic N) is 3. The highest BCUT2D eigenvalue weighted by atomic mass is 16.8. The van der Waals surface area contributed by atoms with Gasteiger partial charge in [-0.25, -0.2) is 9.59 Å². The number of methoxy groups -OCH3 is 1. The maximum atomic E-state index is 13.7. The number of rotatable bonds is 16. The van der Waals surface area contributed by atoms with E-state index in [-0.39, 0.29) is 24.3 Å². The molecule has 0 aliphatic carbocycles. The maximum Gasteiger partial charge on any atom is 0.338 e. The fraction of sp³-hybridized carbons (Fsp3) is 0.357. The van der Waals surface area contributed by atoms with Crippen molar-refractivity contribution in [2.45, 2.75) is 81.5 Å². The third-order valence-electron chi connectivity index (χ3n) is 9.45. The summed E-state index contributed by atoms with van der Waals surface area (Å²) >= 11 is 0. The largest absolute Gasteiger partial charge is 0.459 e. The number of benzene rings is 4. The van der Waals surface area contributed by atoms with Crippen molar-refractivity contribution in [1.29, 1.82) is 0 Å². The average Bonchev–Trinajstić information content (AvgIpc) is 3.24. The van der Waals surface area contributed by atoms with E-state index in [0.717, 1.165) is 11.1 Å². The summed E-state index contributed by atoms with van der Waals surface area (Å²) < 4.78 is 49.2. The quantitative estimate of drug-likeness (QED) is 0.0664. The van der Waals surface area contributed by atoms with Crippen LogP contribution in [0.15, 0.2) is 126 Å². The van der Waals surface area contributed by atoms with E-state index in [0.29, 0.717) is 0 Å². The van der Waals surface area contributed by atoms with Crippen LogP contribution in [0.2, 0.25) is 0 Å². The van der Waals surface area contributed by atoms with Crippen molar-refractivity contribution in [2.75, 3.05) is 13.7 Å². The summed E-state index contributed by atoms with van der Waals surface area (Å²) in [6.07, 6.45) is -12.5. The molecule has 4 aromatic carbocycles. The van der Waals surface area contributed by atoms with Crippen LogP contribution in [-0.4, -0.2) is 97.9 Å². The monoisotopic (exact) mass is 781 g/mol. The zero-order valence-electron chi connectivity index (χ0n) is 31.2. The second-order valence-electron chi connectivity index (χ2n) is 13.3. The molecule has 15 nitrogen and oxygen atoms in total. The molecule has 4 unspecified atom stereocenters. The summed E-state index contributed by atoms with van der Waals surface area (Å²) in [5.41, 5.74) is 11.7. The molecular weight excluding hydrogens is 738 g/mol. The number of Topliss-reactive ketones (excluding diaryl/α,β-unsaturated/α-hetero) is 1. The van der Waals surface area contributed by atoms with Crippen molar-refractivity contribution in [3.8, 4) is 0 Å². The zero-order chi connectivity index (χ0) is 40.1. The van der Waals surface area contributed by atoms with Crippen LogP contribution in [0.3, 0.4) is 0 Å². The number of azide groups is 1. The second kappa shape index (κ2) is 20.1. The lowest BCUT2D eigenvalue weighted by Crippen LogP contribution is -2.66. The minimum absolute atomic E-state index is 0.00527. The Hall–Kier alpha value is -5.48. The molecule has 1 N–H and O–H groups in total. The third kappa shape index (κ3) is 10.5. The average molecular weight is 782 g/mol. The standard InChI is InChI=1S/C42H43N3O12/c1-26(46)34-33(47)37(52-24-28-17-9-4-10-18-28)38(55-40(49)30-21-13-6-14-22-30)42(56-34)57-35-31(25-53-39(48)29-19-11-5-12-20-29)54-41(50-2)32(44-45-43)36(35)51-23-27-15-7-3-8-16-27/h3-22,31-38,41-42,47H,23-25H2,1-2H3/t31?,32-,33+,34?,35+,36?,37-,38?,41-,42+/m1/s1. The van der Waals surface area contributed by atoms with Crippen LogP contribution in [0.25, 0.3) is 10.4 Å². The van der Waals surface area contributed by atoms with E-state index in [1.807, 2.05) is 60.7 Å². The van der Waals surface area contributed by atoms with Crippen molar-refractivity contribution in [1.82, 2.24) is 0 Å². The van der Waals surface area contributed by atoms with Gasteiger partial charge < -0.3 is 43.0 Å². The minimum Gasteiger partial charge on any atom is -0.459 e. The summed E-state index contributed by atoms with van der Waals surface area (Å²) in [7, 11) is 1.35. The summed E-state index contributed by atoms with van der Waals surface area (Å²) in [6.45, 7) is 0.782. The highest BCUT2D eigenvalue weighted by molar-refractivity contribution is 5.90. The summed E-state index contributed by atoms with van der Waals surface area (Å²) in [5, 5.41) is 15.6. The van der Waals surface area contributed by atoms with Crippen LogP contribution in [0.1, 0.15) is 38.8 Å². The van der Waals surface area contributed by atoms with Gasteiger partial charge in [-0.1, -0.05) is 102 Å². The Morgan fingerprint density at radius 2 is 1.23 bits per heavy atom. The molecule has 57 heavy (non-hydrogen) atoms. The molecule has 0 bridgehead atoms. The van der Waals surface area contributed by atoms with E-state index in [2.05, 4.69) is 10.0 Å². The zero-order valence-corrected chi connectivity index (χ0v) is 31.2. The molecule has 298 valence electrons. The van der Waals surface area contributed by atoms with Gasteiger partial charge in [0.05, 0.1) is 24.3 Å². The van der Waals surface area contributed by atoms with E-state index < -0.39 is 85.7 Å². The van der Waals surface area contributed by atoms with Crippen molar-refractivity contribution in [3.05, 3.63) is 154 Å². The van der Waals surface area contributed by atoms with Crippen molar-refractivity contribution in [2.24, 2.45) is 5.11 Å². The number of esters is 2. The Morgan fingerprint density at radius 1 is 0.702 bits per heavy atom. The molecule has 0 aromatic heterocycles. The van der Waals surface area contributed by atoms with Crippen LogP contribution in [0, 0.1) is 0 Å². The molecule has 0 spiro atoms. The molecule has 0 saturated carbocycles. The van der Waals surface area contributed by atoms with Crippen molar-refractivity contribution < 1.29 is 57.4 Å². The van der Waals surface area contributed by atoms with E-state index in [9.17, 15) is 25.0 Å². The van der Waals surface area contributed by atoms with Gasteiger partial charge >= 0.3 is 11.9 Å². The van der Waals surface area contributed by atoms with Gasteiger partial charge in [-0.15, -0.1) is 0 Å².